The molecule has 2 aromatic rings. The predicted molar refractivity (Wildman–Crippen MR) is 83.2 cm³/mol. The molecule has 1 aliphatic rings. The SMILES string of the molecule is CCc1ccc2c(=O)n(CC3CCCNC3)ccc2c1. The summed E-state index contributed by atoms with van der Waals surface area (Å²) in [5, 5.41) is 5.31. The van der Waals surface area contributed by atoms with Gasteiger partial charge in [-0.15, -0.1) is 0 Å². The van der Waals surface area contributed by atoms with Crippen LogP contribution >= 0.6 is 0 Å². The minimum atomic E-state index is 0.149. The van der Waals surface area contributed by atoms with Gasteiger partial charge in [-0.05, 0) is 61.4 Å². The molecule has 106 valence electrons. The number of nitrogens with one attached hydrogen (secondary N) is 1. The van der Waals surface area contributed by atoms with Crippen molar-refractivity contribution in [3.8, 4) is 0 Å². The van der Waals surface area contributed by atoms with Crippen LogP contribution in [-0.4, -0.2) is 17.7 Å². The lowest BCUT2D eigenvalue weighted by Gasteiger charge is -2.23. The van der Waals surface area contributed by atoms with E-state index >= 15 is 0 Å². The van der Waals surface area contributed by atoms with E-state index in [2.05, 4.69) is 30.4 Å². The first-order chi connectivity index (χ1) is 9.78. The number of hydrogen-bond donors (Lipinski definition) is 1. The molecule has 1 unspecified atom stereocenters. The van der Waals surface area contributed by atoms with E-state index in [0.29, 0.717) is 5.92 Å². The van der Waals surface area contributed by atoms with Gasteiger partial charge in [0.15, 0.2) is 0 Å². The lowest BCUT2D eigenvalue weighted by atomic mass is 9.99. The zero-order chi connectivity index (χ0) is 13.9. The highest BCUT2D eigenvalue weighted by Crippen LogP contribution is 2.15. The Hall–Kier alpha value is -1.61. The van der Waals surface area contributed by atoms with Crippen LogP contribution in [0, 0.1) is 5.92 Å². The Morgan fingerprint density at radius 3 is 3.00 bits per heavy atom. The molecule has 0 saturated carbocycles. The second-order valence-electron chi connectivity index (χ2n) is 5.76. The van der Waals surface area contributed by atoms with Crippen molar-refractivity contribution < 1.29 is 0 Å². The first-order valence-electron chi connectivity index (χ1n) is 7.60. The third kappa shape index (κ3) is 2.63. The van der Waals surface area contributed by atoms with Gasteiger partial charge in [0, 0.05) is 18.1 Å². The van der Waals surface area contributed by atoms with E-state index in [1.54, 1.807) is 0 Å². The van der Waals surface area contributed by atoms with Crippen LogP contribution in [0.25, 0.3) is 10.8 Å². The second kappa shape index (κ2) is 5.80. The van der Waals surface area contributed by atoms with E-state index in [1.807, 2.05) is 16.8 Å². The number of aromatic nitrogens is 1. The normalized spacial score (nSPS) is 19.4. The highest BCUT2D eigenvalue weighted by molar-refractivity contribution is 5.82. The van der Waals surface area contributed by atoms with Crippen molar-refractivity contribution in [2.75, 3.05) is 13.1 Å². The van der Waals surface area contributed by atoms with E-state index in [-0.39, 0.29) is 5.56 Å². The fraction of sp³-hybridized carbons (Fsp3) is 0.471. The van der Waals surface area contributed by atoms with Crippen LogP contribution in [0.4, 0.5) is 0 Å². The molecule has 0 spiro atoms. The van der Waals surface area contributed by atoms with Crippen molar-refractivity contribution >= 4 is 10.8 Å². The molecule has 1 fully saturated rings. The van der Waals surface area contributed by atoms with Crippen molar-refractivity contribution in [3.63, 3.8) is 0 Å². The number of aryl methyl sites for hydroxylation is 1. The molecule has 1 aliphatic heterocycles. The maximum atomic E-state index is 12.5. The summed E-state index contributed by atoms with van der Waals surface area (Å²) in [6.07, 6.45) is 5.39. The topological polar surface area (TPSA) is 34.0 Å². The summed E-state index contributed by atoms with van der Waals surface area (Å²) < 4.78 is 1.88. The molecule has 0 aliphatic carbocycles. The summed E-state index contributed by atoms with van der Waals surface area (Å²) in [5.74, 6) is 0.578. The Balaban J connectivity index is 1.92. The first-order valence-corrected chi connectivity index (χ1v) is 7.60. The second-order valence-corrected chi connectivity index (χ2v) is 5.76. The predicted octanol–water partition coefficient (Wildman–Crippen LogP) is 2.56. The van der Waals surface area contributed by atoms with Crippen LogP contribution in [0.3, 0.4) is 0 Å². The standard InChI is InChI=1S/C17H22N2O/c1-2-13-5-6-16-15(10-13)7-9-19(17(16)20)12-14-4-3-8-18-11-14/h5-7,9-10,14,18H,2-4,8,11-12H2,1H3. The van der Waals surface area contributed by atoms with E-state index < -0.39 is 0 Å². The monoisotopic (exact) mass is 270 g/mol. The highest BCUT2D eigenvalue weighted by atomic mass is 16.1. The number of piperidine rings is 1. The van der Waals surface area contributed by atoms with Crippen LogP contribution in [0.5, 0.6) is 0 Å². The Bertz CT molecular complexity index is 654. The third-order valence-corrected chi connectivity index (χ3v) is 4.30. The quantitative estimate of drug-likeness (QED) is 0.930. The molecule has 3 rings (SSSR count). The van der Waals surface area contributed by atoms with Crippen molar-refractivity contribution in [2.24, 2.45) is 5.92 Å². The van der Waals surface area contributed by atoms with Gasteiger partial charge in [-0.25, -0.2) is 0 Å². The van der Waals surface area contributed by atoms with Crippen LogP contribution in [-0.2, 0) is 13.0 Å². The van der Waals surface area contributed by atoms with Gasteiger partial charge in [0.1, 0.15) is 0 Å². The third-order valence-electron chi connectivity index (χ3n) is 4.30. The molecule has 1 aromatic heterocycles. The first kappa shape index (κ1) is 13.4. The Kier molecular flexibility index (Phi) is 3.88. The van der Waals surface area contributed by atoms with Gasteiger partial charge in [0.25, 0.3) is 5.56 Å². The summed E-state index contributed by atoms with van der Waals surface area (Å²) in [4.78, 5) is 12.5. The Labute approximate surface area is 119 Å². The van der Waals surface area contributed by atoms with Gasteiger partial charge < -0.3 is 9.88 Å². The highest BCUT2D eigenvalue weighted by Gasteiger charge is 2.14. The maximum Gasteiger partial charge on any atom is 0.258 e. The van der Waals surface area contributed by atoms with Gasteiger partial charge in [-0.2, -0.15) is 0 Å². The summed E-state index contributed by atoms with van der Waals surface area (Å²) in [7, 11) is 0. The molecule has 3 nitrogen and oxygen atoms in total. The largest absolute Gasteiger partial charge is 0.316 e. The van der Waals surface area contributed by atoms with Crippen molar-refractivity contribution in [1.82, 2.24) is 9.88 Å². The maximum absolute atomic E-state index is 12.5. The molecule has 0 bridgehead atoms. The number of pyridine rings is 1. The number of nitrogens with zero attached hydrogens (tertiary/aromatic N) is 1. The molecule has 1 atom stereocenters. The number of rotatable bonds is 3. The van der Waals surface area contributed by atoms with Crippen molar-refractivity contribution in [3.05, 3.63) is 46.4 Å². The smallest absolute Gasteiger partial charge is 0.258 e. The minimum absolute atomic E-state index is 0.149. The molecular weight excluding hydrogens is 248 g/mol. The van der Waals surface area contributed by atoms with Crippen LogP contribution in [0.2, 0.25) is 0 Å². The van der Waals surface area contributed by atoms with Crippen LogP contribution in [0.1, 0.15) is 25.3 Å². The number of benzene rings is 1. The van der Waals surface area contributed by atoms with Gasteiger partial charge in [-0.1, -0.05) is 19.1 Å². The number of fused-ring (bicyclic) bond motifs is 1. The zero-order valence-electron chi connectivity index (χ0n) is 12.1. The fourth-order valence-electron chi connectivity index (χ4n) is 3.06. The minimum Gasteiger partial charge on any atom is -0.316 e. The van der Waals surface area contributed by atoms with Gasteiger partial charge in [0.05, 0.1) is 0 Å². The molecule has 1 aromatic carbocycles. The number of hydrogen-bond acceptors (Lipinski definition) is 2. The molecule has 0 radical (unpaired) electrons. The molecule has 0 amide bonds. The fourth-order valence-corrected chi connectivity index (χ4v) is 3.06. The Morgan fingerprint density at radius 1 is 1.35 bits per heavy atom. The van der Waals surface area contributed by atoms with E-state index in [1.165, 1.54) is 18.4 Å². The van der Waals surface area contributed by atoms with Crippen molar-refractivity contribution in [1.29, 1.82) is 0 Å². The molecule has 3 heteroatoms. The summed E-state index contributed by atoms with van der Waals surface area (Å²) >= 11 is 0. The van der Waals surface area contributed by atoms with E-state index in [4.69, 9.17) is 0 Å². The summed E-state index contributed by atoms with van der Waals surface area (Å²) in [5.41, 5.74) is 1.43. The van der Waals surface area contributed by atoms with Gasteiger partial charge in [0.2, 0.25) is 0 Å². The Morgan fingerprint density at radius 2 is 2.25 bits per heavy atom. The molecule has 2 heterocycles. The lowest BCUT2D eigenvalue weighted by Crippen LogP contribution is -2.34. The molecule has 1 saturated heterocycles. The lowest BCUT2D eigenvalue weighted by molar-refractivity contribution is 0.334. The zero-order valence-corrected chi connectivity index (χ0v) is 12.1. The molecule has 20 heavy (non-hydrogen) atoms. The van der Waals surface area contributed by atoms with Crippen LogP contribution < -0.4 is 10.9 Å². The van der Waals surface area contributed by atoms with Crippen LogP contribution in [0.15, 0.2) is 35.3 Å². The molecular formula is C17H22N2O. The van der Waals surface area contributed by atoms with Crippen molar-refractivity contribution in [2.45, 2.75) is 32.7 Å². The van der Waals surface area contributed by atoms with E-state index in [0.717, 1.165) is 36.8 Å². The average Bonchev–Trinajstić information content (AvgIpc) is 2.51. The average molecular weight is 270 g/mol. The van der Waals surface area contributed by atoms with E-state index in [9.17, 15) is 4.79 Å². The summed E-state index contributed by atoms with van der Waals surface area (Å²) in [6.45, 7) is 5.11. The summed E-state index contributed by atoms with van der Waals surface area (Å²) in [6, 6.07) is 8.25. The molecule has 1 N–H and O–H groups in total. The van der Waals surface area contributed by atoms with Gasteiger partial charge in [-0.3, -0.25) is 4.79 Å². The van der Waals surface area contributed by atoms with Gasteiger partial charge >= 0.3 is 0 Å².